The lowest BCUT2D eigenvalue weighted by Crippen LogP contribution is -2.41. The van der Waals surface area contributed by atoms with Gasteiger partial charge in [-0.25, -0.2) is 0 Å². The highest BCUT2D eigenvalue weighted by molar-refractivity contribution is 6.62. The zero-order valence-electron chi connectivity index (χ0n) is 17.8. The molecule has 0 aliphatic carbocycles. The van der Waals surface area contributed by atoms with Crippen LogP contribution >= 0.6 is 0 Å². The lowest BCUT2D eigenvalue weighted by Gasteiger charge is -2.32. The van der Waals surface area contributed by atoms with E-state index in [1.165, 1.54) is 16.5 Å². The van der Waals surface area contributed by atoms with Crippen LogP contribution < -0.4 is 5.46 Å². The molecule has 148 valence electrons. The van der Waals surface area contributed by atoms with Gasteiger partial charge in [-0.2, -0.15) is 5.26 Å². The Morgan fingerprint density at radius 1 is 1.00 bits per heavy atom. The number of nitrogens with zero attached hydrogens (tertiary/aromatic N) is 2. The van der Waals surface area contributed by atoms with E-state index in [0.717, 1.165) is 23.9 Å². The maximum atomic E-state index is 9.26. The molecule has 29 heavy (non-hydrogen) atoms. The molecular formula is C24H27BN2O2. The third kappa shape index (κ3) is 3.37. The fourth-order valence-electron chi connectivity index (χ4n) is 3.94. The van der Waals surface area contributed by atoms with E-state index in [0.29, 0.717) is 5.56 Å². The molecule has 4 rings (SSSR count). The largest absolute Gasteiger partial charge is 0.495 e. The van der Waals surface area contributed by atoms with E-state index >= 15 is 0 Å². The molecule has 0 atom stereocenters. The SMILES string of the molecule is CCn1cc(Cc2ccccc2B2OC(C)(C)C(C)(C)O2)c2ccc(C#N)cc21. The Labute approximate surface area is 173 Å². The third-order valence-electron chi connectivity index (χ3n) is 6.38. The summed E-state index contributed by atoms with van der Waals surface area (Å²) in [5, 5.41) is 10.4. The monoisotopic (exact) mass is 386 g/mol. The highest BCUT2D eigenvalue weighted by Crippen LogP contribution is 2.37. The molecule has 0 amide bonds. The number of rotatable bonds is 4. The van der Waals surface area contributed by atoms with Crippen molar-refractivity contribution in [2.75, 3.05) is 0 Å². The predicted molar refractivity (Wildman–Crippen MR) is 117 cm³/mol. The summed E-state index contributed by atoms with van der Waals surface area (Å²) in [6.07, 6.45) is 2.99. The van der Waals surface area contributed by atoms with Crippen LogP contribution in [0.3, 0.4) is 0 Å². The second-order valence-corrected chi connectivity index (χ2v) is 8.75. The third-order valence-corrected chi connectivity index (χ3v) is 6.38. The zero-order valence-corrected chi connectivity index (χ0v) is 17.8. The van der Waals surface area contributed by atoms with E-state index in [2.05, 4.69) is 75.7 Å². The standard InChI is InChI=1S/C24H27BN2O2/c1-6-27-16-19(20-12-11-17(15-26)13-22(20)27)14-18-9-7-8-10-21(18)25-28-23(2,3)24(4,5)29-25/h7-13,16H,6,14H2,1-5H3. The van der Waals surface area contributed by atoms with Gasteiger partial charge in [0.05, 0.1) is 22.8 Å². The number of hydrogen-bond acceptors (Lipinski definition) is 3. The van der Waals surface area contributed by atoms with Crippen molar-refractivity contribution in [1.82, 2.24) is 4.57 Å². The number of benzene rings is 2. The Balaban J connectivity index is 1.73. The maximum absolute atomic E-state index is 9.26. The predicted octanol–water partition coefficient (Wildman–Crippen LogP) is 4.42. The quantitative estimate of drug-likeness (QED) is 0.624. The lowest BCUT2D eigenvalue weighted by atomic mass is 9.75. The highest BCUT2D eigenvalue weighted by Gasteiger charge is 2.52. The first-order valence-corrected chi connectivity index (χ1v) is 10.2. The first kappa shape index (κ1) is 19.8. The van der Waals surface area contributed by atoms with Crippen molar-refractivity contribution in [2.24, 2.45) is 0 Å². The first-order valence-electron chi connectivity index (χ1n) is 10.2. The Morgan fingerprint density at radius 2 is 1.69 bits per heavy atom. The molecule has 1 saturated heterocycles. The number of nitriles is 1. The first-order chi connectivity index (χ1) is 13.8. The van der Waals surface area contributed by atoms with E-state index in [1.807, 2.05) is 18.2 Å². The summed E-state index contributed by atoms with van der Waals surface area (Å²) < 4.78 is 14.8. The summed E-state index contributed by atoms with van der Waals surface area (Å²) in [4.78, 5) is 0. The van der Waals surface area contributed by atoms with Gasteiger partial charge in [0, 0.05) is 23.6 Å². The van der Waals surface area contributed by atoms with Gasteiger partial charge in [0.25, 0.3) is 0 Å². The molecule has 0 spiro atoms. The number of fused-ring (bicyclic) bond motifs is 1. The minimum Gasteiger partial charge on any atom is -0.399 e. The molecule has 0 unspecified atom stereocenters. The van der Waals surface area contributed by atoms with Crippen LogP contribution in [0.15, 0.2) is 48.7 Å². The van der Waals surface area contributed by atoms with Crippen LogP contribution in [0.1, 0.15) is 51.3 Å². The summed E-state index contributed by atoms with van der Waals surface area (Å²) in [6, 6.07) is 16.5. The smallest absolute Gasteiger partial charge is 0.399 e. The summed E-state index contributed by atoms with van der Waals surface area (Å²) in [6.45, 7) is 11.3. The molecule has 4 nitrogen and oxygen atoms in total. The summed E-state index contributed by atoms with van der Waals surface area (Å²) in [5.41, 5.74) is 4.59. The zero-order chi connectivity index (χ0) is 20.8. The summed E-state index contributed by atoms with van der Waals surface area (Å²) in [7, 11) is -0.374. The molecule has 1 aliphatic heterocycles. The van der Waals surface area contributed by atoms with Crippen LogP contribution in [0.5, 0.6) is 0 Å². The molecule has 1 fully saturated rings. The molecule has 0 bridgehead atoms. The van der Waals surface area contributed by atoms with Gasteiger partial charge in [0.2, 0.25) is 0 Å². The second-order valence-electron chi connectivity index (χ2n) is 8.75. The molecule has 0 radical (unpaired) electrons. The minimum atomic E-state index is -0.374. The maximum Gasteiger partial charge on any atom is 0.495 e. The van der Waals surface area contributed by atoms with Crippen LogP contribution in [0.2, 0.25) is 0 Å². The molecule has 0 saturated carbocycles. The molecular weight excluding hydrogens is 359 g/mol. The Hall–Kier alpha value is -2.55. The van der Waals surface area contributed by atoms with Crippen molar-refractivity contribution in [2.45, 2.75) is 58.8 Å². The van der Waals surface area contributed by atoms with Gasteiger partial charge in [0.15, 0.2) is 0 Å². The van der Waals surface area contributed by atoms with Crippen LogP contribution in [0.25, 0.3) is 10.9 Å². The van der Waals surface area contributed by atoms with E-state index < -0.39 is 0 Å². The van der Waals surface area contributed by atoms with Crippen molar-refractivity contribution in [3.63, 3.8) is 0 Å². The van der Waals surface area contributed by atoms with Gasteiger partial charge in [-0.15, -0.1) is 0 Å². The van der Waals surface area contributed by atoms with Gasteiger partial charge in [-0.1, -0.05) is 30.3 Å². The topological polar surface area (TPSA) is 47.2 Å². The number of hydrogen-bond donors (Lipinski definition) is 0. The second kappa shape index (κ2) is 7.05. The Morgan fingerprint density at radius 3 is 2.34 bits per heavy atom. The van der Waals surface area contributed by atoms with Gasteiger partial charge in [-0.3, -0.25) is 0 Å². The average Bonchev–Trinajstić information content (AvgIpc) is 3.14. The Bertz CT molecular complexity index is 1090. The van der Waals surface area contributed by atoms with Crippen molar-refractivity contribution < 1.29 is 9.31 Å². The normalized spacial score (nSPS) is 17.6. The molecule has 1 aliphatic rings. The van der Waals surface area contributed by atoms with Crippen molar-refractivity contribution in [1.29, 1.82) is 5.26 Å². The fraction of sp³-hybridized carbons (Fsp3) is 0.375. The van der Waals surface area contributed by atoms with Gasteiger partial charge in [0.1, 0.15) is 0 Å². The van der Waals surface area contributed by atoms with Crippen LogP contribution in [-0.4, -0.2) is 22.9 Å². The molecule has 5 heteroatoms. The van der Waals surface area contributed by atoms with Gasteiger partial charge < -0.3 is 13.9 Å². The molecule has 2 aromatic carbocycles. The van der Waals surface area contributed by atoms with Crippen molar-refractivity contribution in [3.8, 4) is 6.07 Å². The minimum absolute atomic E-state index is 0.364. The van der Waals surface area contributed by atoms with Crippen molar-refractivity contribution in [3.05, 3.63) is 65.4 Å². The van der Waals surface area contributed by atoms with E-state index in [9.17, 15) is 5.26 Å². The summed E-state index contributed by atoms with van der Waals surface area (Å²) in [5.74, 6) is 0. The molecule has 0 N–H and O–H groups in total. The molecule has 1 aromatic heterocycles. The Kier molecular flexibility index (Phi) is 4.81. The van der Waals surface area contributed by atoms with E-state index in [4.69, 9.17) is 9.31 Å². The van der Waals surface area contributed by atoms with Gasteiger partial charge in [-0.05, 0) is 69.8 Å². The summed E-state index contributed by atoms with van der Waals surface area (Å²) >= 11 is 0. The van der Waals surface area contributed by atoms with Crippen LogP contribution in [0, 0.1) is 11.3 Å². The molecule has 3 aromatic rings. The van der Waals surface area contributed by atoms with E-state index in [1.54, 1.807) is 0 Å². The highest BCUT2D eigenvalue weighted by atomic mass is 16.7. The molecule has 2 heterocycles. The fourth-order valence-corrected chi connectivity index (χ4v) is 3.94. The van der Waals surface area contributed by atoms with Crippen LogP contribution in [0.4, 0.5) is 0 Å². The number of aromatic nitrogens is 1. The lowest BCUT2D eigenvalue weighted by molar-refractivity contribution is 0.00578. The van der Waals surface area contributed by atoms with Gasteiger partial charge >= 0.3 is 7.12 Å². The number of aryl methyl sites for hydroxylation is 1. The van der Waals surface area contributed by atoms with Crippen molar-refractivity contribution >= 4 is 23.5 Å². The average molecular weight is 386 g/mol. The van der Waals surface area contributed by atoms with E-state index in [-0.39, 0.29) is 18.3 Å². The van der Waals surface area contributed by atoms with Crippen LogP contribution in [-0.2, 0) is 22.3 Å².